The molecular formula is C23H33N5O2. The number of carbonyl (C=O) groups is 1. The predicted octanol–water partition coefficient (Wildman–Crippen LogP) is 2.71. The van der Waals surface area contributed by atoms with Gasteiger partial charge in [-0.25, -0.2) is 0 Å². The van der Waals surface area contributed by atoms with Crippen molar-refractivity contribution in [1.29, 1.82) is 0 Å². The lowest BCUT2D eigenvalue weighted by Gasteiger charge is -2.47. The van der Waals surface area contributed by atoms with E-state index in [1.54, 1.807) is 0 Å². The maximum absolute atomic E-state index is 13.2. The van der Waals surface area contributed by atoms with Gasteiger partial charge in [-0.15, -0.1) is 0 Å². The molecule has 3 aliphatic rings. The molecule has 1 amide bonds. The van der Waals surface area contributed by atoms with Gasteiger partial charge in [0.2, 0.25) is 0 Å². The topological polar surface area (TPSA) is 64.8 Å². The molecule has 5 rings (SSSR count). The summed E-state index contributed by atoms with van der Waals surface area (Å²) >= 11 is 0. The molecule has 162 valence electrons. The van der Waals surface area contributed by atoms with Gasteiger partial charge in [0, 0.05) is 37.8 Å². The Morgan fingerprint density at radius 2 is 1.87 bits per heavy atom. The predicted molar refractivity (Wildman–Crippen MR) is 118 cm³/mol. The van der Waals surface area contributed by atoms with Crippen LogP contribution in [0.25, 0.3) is 11.1 Å². The second-order valence-corrected chi connectivity index (χ2v) is 9.34. The number of aromatic nitrogens is 1. The zero-order chi connectivity index (χ0) is 20.7. The Labute approximate surface area is 178 Å². The lowest BCUT2D eigenvalue weighted by molar-refractivity contribution is 0.0463. The van der Waals surface area contributed by atoms with Crippen LogP contribution in [0.5, 0.6) is 0 Å². The third-order valence-electron chi connectivity index (χ3n) is 7.32. The molecule has 3 saturated heterocycles. The molecule has 0 saturated carbocycles. The molecular weight excluding hydrogens is 378 g/mol. The van der Waals surface area contributed by atoms with Crippen molar-refractivity contribution in [2.45, 2.75) is 56.7 Å². The van der Waals surface area contributed by atoms with E-state index in [0.29, 0.717) is 34.8 Å². The molecule has 1 aromatic carbocycles. The van der Waals surface area contributed by atoms with E-state index in [2.05, 4.69) is 34.1 Å². The summed E-state index contributed by atoms with van der Waals surface area (Å²) in [6.07, 6.45) is 6.97. The van der Waals surface area contributed by atoms with Crippen LogP contribution in [-0.2, 0) is 0 Å². The van der Waals surface area contributed by atoms with E-state index in [1.165, 1.54) is 19.3 Å². The highest BCUT2D eigenvalue weighted by Gasteiger charge is 2.36. The molecule has 2 aromatic rings. The average molecular weight is 412 g/mol. The third kappa shape index (κ3) is 3.81. The highest BCUT2D eigenvalue weighted by atomic mass is 16.4. The highest BCUT2D eigenvalue weighted by molar-refractivity contribution is 6.04. The number of hydrogen-bond acceptors (Lipinski definition) is 6. The van der Waals surface area contributed by atoms with Gasteiger partial charge in [-0.1, -0.05) is 12.5 Å². The van der Waals surface area contributed by atoms with E-state index in [-0.39, 0.29) is 11.9 Å². The summed E-state index contributed by atoms with van der Waals surface area (Å²) < 4.78 is 6.06. The first-order chi connectivity index (χ1) is 14.6. The summed E-state index contributed by atoms with van der Waals surface area (Å²) in [5.74, 6) is -0.0244. The molecule has 7 nitrogen and oxygen atoms in total. The van der Waals surface area contributed by atoms with Gasteiger partial charge < -0.3 is 24.4 Å². The Morgan fingerprint density at radius 1 is 1.07 bits per heavy atom. The Balaban J connectivity index is 1.34. The van der Waals surface area contributed by atoms with E-state index in [4.69, 9.17) is 9.40 Å². The Morgan fingerprint density at radius 3 is 2.67 bits per heavy atom. The number of likely N-dealkylation sites (N-methyl/N-ethyl adjacent to an activating group) is 1. The maximum atomic E-state index is 13.2. The molecule has 4 heterocycles. The number of oxazole rings is 1. The molecule has 7 heteroatoms. The molecule has 3 fully saturated rings. The largest absolute Gasteiger partial charge is 0.423 e. The Kier molecular flexibility index (Phi) is 5.41. The van der Waals surface area contributed by atoms with Gasteiger partial charge in [0.15, 0.2) is 5.58 Å². The molecule has 1 N–H and O–H groups in total. The van der Waals surface area contributed by atoms with Crippen LogP contribution in [0.4, 0.5) is 6.01 Å². The van der Waals surface area contributed by atoms with Crippen molar-refractivity contribution in [1.82, 2.24) is 20.1 Å². The van der Waals surface area contributed by atoms with Crippen LogP contribution in [0.2, 0.25) is 0 Å². The molecule has 3 aliphatic heterocycles. The van der Waals surface area contributed by atoms with Crippen LogP contribution in [-0.4, -0.2) is 79.1 Å². The van der Waals surface area contributed by atoms with Gasteiger partial charge >= 0.3 is 0 Å². The second-order valence-electron chi connectivity index (χ2n) is 9.34. The number of amides is 1. The van der Waals surface area contributed by atoms with Crippen molar-refractivity contribution in [2.75, 3.05) is 45.2 Å². The van der Waals surface area contributed by atoms with Crippen molar-refractivity contribution >= 4 is 23.0 Å². The van der Waals surface area contributed by atoms with E-state index >= 15 is 0 Å². The molecule has 1 aromatic heterocycles. The Bertz CT molecular complexity index is 898. The molecule has 30 heavy (non-hydrogen) atoms. The van der Waals surface area contributed by atoms with Crippen LogP contribution in [0.3, 0.4) is 0 Å². The van der Waals surface area contributed by atoms with Crippen molar-refractivity contribution < 1.29 is 9.21 Å². The highest BCUT2D eigenvalue weighted by Crippen LogP contribution is 2.33. The van der Waals surface area contributed by atoms with Gasteiger partial charge in [0.1, 0.15) is 5.52 Å². The van der Waals surface area contributed by atoms with Crippen LogP contribution in [0.15, 0.2) is 22.6 Å². The smallest absolute Gasteiger partial charge is 0.298 e. The van der Waals surface area contributed by atoms with Crippen LogP contribution >= 0.6 is 0 Å². The molecule has 2 unspecified atom stereocenters. The van der Waals surface area contributed by atoms with Crippen molar-refractivity contribution in [3.05, 3.63) is 23.8 Å². The third-order valence-corrected chi connectivity index (χ3v) is 7.32. The number of nitrogens with one attached hydrogen (secondary N) is 1. The number of hydrogen-bond donors (Lipinski definition) is 1. The SMILES string of the molecule is CN1CCCN(c2nc3c(C(=O)NC4CC5CCCC(C4)N5C)cccc3o2)CC1. The normalized spacial score (nSPS) is 28.5. The van der Waals surface area contributed by atoms with Gasteiger partial charge in [0.05, 0.1) is 5.56 Å². The van der Waals surface area contributed by atoms with E-state index in [9.17, 15) is 4.79 Å². The van der Waals surface area contributed by atoms with Gasteiger partial charge in [-0.3, -0.25) is 4.79 Å². The lowest BCUT2D eigenvalue weighted by Crippen LogP contribution is -2.55. The number of fused-ring (bicyclic) bond motifs is 3. The molecule has 0 radical (unpaired) electrons. The van der Waals surface area contributed by atoms with E-state index in [1.807, 2.05) is 18.2 Å². The summed E-state index contributed by atoms with van der Waals surface area (Å²) in [5.41, 5.74) is 1.99. The van der Waals surface area contributed by atoms with Crippen molar-refractivity contribution in [2.24, 2.45) is 0 Å². The lowest BCUT2D eigenvalue weighted by atomic mass is 9.82. The molecule has 2 atom stereocenters. The van der Waals surface area contributed by atoms with Gasteiger partial charge in [-0.05, 0) is 64.9 Å². The number of benzene rings is 1. The zero-order valence-corrected chi connectivity index (χ0v) is 18.1. The monoisotopic (exact) mass is 411 g/mol. The fraction of sp³-hybridized carbons (Fsp3) is 0.652. The standard InChI is InChI=1S/C23H33N5O2/c1-26-10-5-11-28(13-12-26)23-25-21-19(8-4-9-20(21)30-23)22(29)24-16-14-17-6-3-7-18(15-16)27(17)2/h4,8-9,16-18H,3,5-7,10-15H2,1-2H3,(H,24,29). The summed E-state index contributed by atoms with van der Waals surface area (Å²) in [6, 6.07) is 7.74. The van der Waals surface area contributed by atoms with Crippen molar-refractivity contribution in [3.63, 3.8) is 0 Å². The van der Waals surface area contributed by atoms with Crippen LogP contribution < -0.4 is 10.2 Å². The fourth-order valence-electron chi connectivity index (χ4n) is 5.49. The zero-order valence-electron chi connectivity index (χ0n) is 18.1. The summed E-state index contributed by atoms with van der Waals surface area (Å²) in [6.45, 7) is 3.90. The van der Waals surface area contributed by atoms with Crippen molar-refractivity contribution in [3.8, 4) is 0 Å². The second kappa shape index (κ2) is 8.19. The number of piperidine rings is 2. The number of anilines is 1. The molecule has 0 spiro atoms. The molecule has 2 bridgehead atoms. The van der Waals surface area contributed by atoms with Crippen LogP contribution in [0.1, 0.15) is 48.9 Å². The van der Waals surface area contributed by atoms with E-state index in [0.717, 1.165) is 45.4 Å². The summed E-state index contributed by atoms with van der Waals surface area (Å²) in [4.78, 5) is 25.0. The minimum atomic E-state index is -0.0244. The first-order valence-corrected chi connectivity index (χ1v) is 11.4. The first-order valence-electron chi connectivity index (χ1n) is 11.4. The van der Waals surface area contributed by atoms with E-state index < -0.39 is 0 Å². The number of para-hydroxylation sites is 1. The summed E-state index contributed by atoms with van der Waals surface area (Å²) in [5, 5.41) is 3.31. The molecule has 0 aliphatic carbocycles. The maximum Gasteiger partial charge on any atom is 0.298 e. The first kappa shape index (κ1) is 19.8. The number of nitrogens with zero attached hydrogens (tertiary/aromatic N) is 4. The fourth-order valence-corrected chi connectivity index (χ4v) is 5.49. The van der Waals surface area contributed by atoms with Gasteiger partial charge in [0.25, 0.3) is 11.9 Å². The average Bonchev–Trinajstić information content (AvgIpc) is 3.03. The Hall–Kier alpha value is -2.12. The summed E-state index contributed by atoms with van der Waals surface area (Å²) in [7, 11) is 4.39. The van der Waals surface area contributed by atoms with Gasteiger partial charge in [-0.2, -0.15) is 4.98 Å². The quantitative estimate of drug-likeness (QED) is 0.838. The minimum absolute atomic E-state index is 0.0244. The number of carbonyl (C=O) groups excluding carboxylic acids is 1. The minimum Gasteiger partial charge on any atom is -0.423 e. The number of rotatable bonds is 3. The van der Waals surface area contributed by atoms with Crippen LogP contribution in [0, 0.1) is 0 Å².